The van der Waals surface area contributed by atoms with E-state index >= 15 is 0 Å². The van der Waals surface area contributed by atoms with Gasteiger partial charge in [-0.3, -0.25) is 4.79 Å². The van der Waals surface area contributed by atoms with Gasteiger partial charge in [0.25, 0.3) is 5.91 Å². The number of hydrogen-bond donors (Lipinski definition) is 1. The molecule has 2 atom stereocenters. The SMILES string of the molecule is CC1CN(C(=O)c2cnc(Br)c(F)c2)CC(C)C1O. The molecule has 1 amide bonds. The predicted octanol–water partition coefficient (Wildman–Crippen LogP) is 2.07. The highest BCUT2D eigenvalue weighted by Gasteiger charge is 2.33. The van der Waals surface area contributed by atoms with Crippen LogP contribution in [0.25, 0.3) is 0 Å². The van der Waals surface area contributed by atoms with Crippen LogP contribution in [-0.2, 0) is 0 Å². The molecule has 1 N–H and O–H groups in total. The summed E-state index contributed by atoms with van der Waals surface area (Å²) in [4.78, 5) is 17.7. The van der Waals surface area contributed by atoms with E-state index in [9.17, 15) is 14.3 Å². The molecule has 1 aromatic rings. The van der Waals surface area contributed by atoms with Gasteiger partial charge in [0, 0.05) is 19.3 Å². The monoisotopic (exact) mass is 330 g/mol. The Hall–Kier alpha value is -1.01. The molecule has 0 aliphatic carbocycles. The first kappa shape index (κ1) is 14.4. The second-order valence-corrected chi connectivity index (χ2v) is 5.90. The van der Waals surface area contributed by atoms with Crippen LogP contribution in [0.1, 0.15) is 24.2 Å². The number of nitrogens with zero attached hydrogens (tertiary/aromatic N) is 2. The van der Waals surface area contributed by atoms with Crippen LogP contribution in [0.5, 0.6) is 0 Å². The molecule has 6 heteroatoms. The van der Waals surface area contributed by atoms with Gasteiger partial charge in [0.2, 0.25) is 0 Å². The molecule has 2 rings (SSSR count). The lowest BCUT2D eigenvalue weighted by molar-refractivity contribution is -0.00354. The first-order valence-electron chi connectivity index (χ1n) is 6.18. The number of hydrogen-bond acceptors (Lipinski definition) is 3. The van der Waals surface area contributed by atoms with Gasteiger partial charge in [0.1, 0.15) is 4.60 Å². The molecule has 1 saturated heterocycles. The van der Waals surface area contributed by atoms with Crippen molar-refractivity contribution in [1.29, 1.82) is 0 Å². The quantitative estimate of drug-likeness (QED) is 0.802. The predicted molar refractivity (Wildman–Crippen MR) is 72.1 cm³/mol. The summed E-state index contributed by atoms with van der Waals surface area (Å²) in [5.41, 5.74) is 0.233. The van der Waals surface area contributed by atoms with Gasteiger partial charge in [0.15, 0.2) is 5.82 Å². The summed E-state index contributed by atoms with van der Waals surface area (Å²) in [6.07, 6.45) is 0.958. The average molecular weight is 331 g/mol. The molecule has 4 nitrogen and oxygen atoms in total. The molecule has 1 aliphatic rings. The normalized spacial score (nSPS) is 27.4. The van der Waals surface area contributed by atoms with Gasteiger partial charge in [-0.25, -0.2) is 9.37 Å². The number of aliphatic hydroxyl groups excluding tert-OH is 1. The summed E-state index contributed by atoms with van der Waals surface area (Å²) in [6.45, 7) is 4.76. The molecule has 1 aliphatic heterocycles. The molecule has 0 saturated carbocycles. The molecular formula is C13H16BrFN2O2. The van der Waals surface area contributed by atoms with Crippen molar-refractivity contribution in [2.75, 3.05) is 13.1 Å². The highest BCUT2D eigenvalue weighted by Crippen LogP contribution is 2.23. The zero-order chi connectivity index (χ0) is 14.2. The van der Waals surface area contributed by atoms with E-state index in [1.807, 2.05) is 13.8 Å². The Bertz CT molecular complexity index is 486. The van der Waals surface area contributed by atoms with Crippen molar-refractivity contribution < 1.29 is 14.3 Å². The molecule has 19 heavy (non-hydrogen) atoms. The number of likely N-dealkylation sites (tertiary alicyclic amines) is 1. The average Bonchev–Trinajstić information content (AvgIpc) is 2.37. The smallest absolute Gasteiger partial charge is 0.255 e. The van der Waals surface area contributed by atoms with Crippen molar-refractivity contribution in [2.45, 2.75) is 20.0 Å². The van der Waals surface area contributed by atoms with Gasteiger partial charge >= 0.3 is 0 Å². The van der Waals surface area contributed by atoms with Gasteiger partial charge in [-0.05, 0) is 33.8 Å². The fraction of sp³-hybridized carbons (Fsp3) is 0.538. The van der Waals surface area contributed by atoms with E-state index < -0.39 is 11.9 Å². The molecule has 0 spiro atoms. The Morgan fingerprint density at radius 2 is 2.05 bits per heavy atom. The lowest BCUT2D eigenvalue weighted by atomic mass is 9.88. The second-order valence-electron chi connectivity index (χ2n) is 5.15. The summed E-state index contributed by atoms with van der Waals surface area (Å²) >= 11 is 2.96. The van der Waals surface area contributed by atoms with Crippen molar-refractivity contribution in [3.8, 4) is 0 Å². The maximum absolute atomic E-state index is 13.4. The Labute approximate surface area is 119 Å². The minimum Gasteiger partial charge on any atom is -0.392 e. The van der Waals surface area contributed by atoms with Crippen LogP contribution in [0.3, 0.4) is 0 Å². The topological polar surface area (TPSA) is 53.4 Å². The molecule has 1 aromatic heterocycles. The van der Waals surface area contributed by atoms with E-state index in [2.05, 4.69) is 20.9 Å². The minimum atomic E-state index is -0.552. The third-order valence-electron chi connectivity index (χ3n) is 3.51. The number of amides is 1. The summed E-state index contributed by atoms with van der Waals surface area (Å²) in [7, 11) is 0. The van der Waals surface area contributed by atoms with Crippen LogP contribution >= 0.6 is 15.9 Å². The van der Waals surface area contributed by atoms with Crippen LogP contribution < -0.4 is 0 Å². The lowest BCUT2D eigenvalue weighted by Gasteiger charge is -2.38. The third kappa shape index (κ3) is 2.95. The van der Waals surface area contributed by atoms with Crippen LogP contribution in [0, 0.1) is 17.7 Å². The Morgan fingerprint density at radius 1 is 1.47 bits per heavy atom. The Morgan fingerprint density at radius 3 is 2.58 bits per heavy atom. The highest BCUT2D eigenvalue weighted by atomic mass is 79.9. The van der Waals surface area contributed by atoms with Crippen molar-refractivity contribution in [2.24, 2.45) is 11.8 Å². The molecule has 104 valence electrons. The van der Waals surface area contributed by atoms with Gasteiger partial charge in [-0.15, -0.1) is 0 Å². The molecular weight excluding hydrogens is 315 g/mol. The maximum Gasteiger partial charge on any atom is 0.255 e. The number of aromatic nitrogens is 1. The van der Waals surface area contributed by atoms with Gasteiger partial charge < -0.3 is 10.0 Å². The van der Waals surface area contributed by atoms with Crippen LogP contribution in [-0.4, -0.2) is 40.1 Å². The number of rotatable bonds is 1. The molecule has 2 unspecified atom stereocenters. The summed E-state index contributed by atoms with van der Waals surface area (Å²) in [6, 6.07) is 1.18. The van der Waals surface area contributed by atoms with E-state index in [4.69, 9.17) is 0 Å². The summed E-state index contributed by atoms with van der Waals surface area (Å²) in [5.74, 6) is -0.768. The molecule has 0 bridgehead atoms. The molecule has 1 fully saturated rings. The van der Waals surface area contributed by atoms with Gasteiger partial charge in [-0.2, -0.15) is 0 Å². The minimum absolute atomic E-state index is 0.0148. The second kappa shape index (κ2) is 5.54. The molecule has 0 aromatic carbocycles. The number of carbonyl (C=O) groups excluding carboxylic acids is 1. The largest absolute Gasteiger partial charge is 0.392 e. The number of halogens is 2. The van der Waals surface area contributed by atoms with E-state index in [1.54, 1.807) is 4.90 Å². The Balaban J connectivity index is 2.17. The van der Waals surface area contributed by atoms with Crippen LogP contribution in [0.4, 0.5) is 4.39 Å². The van der Waals surface area contributed by atoms with Crippen LogP contribution in [0.15, 0.2) is 16.9 Å². The van der Waals surface area contributed by atoms with Gasteiger partial charge in [0.05, 0.1) is 11.7 Å². The number of piperidine rings is 1. The standard InChI is InChI=1S/C13H16BrFN2O2/c1-7-5-17(6-8(2)11(7)18)13(19)9-3-10(15)12(14)16-4-9/h3-4,7-8,11,18H,5-6H2,1-2H3. The molecule has 2 heterocycles. The van der Waals surface area contributed by atoms with Gasteiger partial charge in [-0.1, -0.05) is 13.8 Å². The zero-order valence-corrected chi connectivity index (χ0v) is 12.4. The summed E-state index contributed by atoms with van der Waals surface area (Å²) in [5, 5.41) is 9.88. The number of aliphatic hydroxyl groups is 1. The van der Waals surface area contributed by atoms with E-state index in [0.29, 0.717) is 13.1 Å². The van der Waals surface area contributed by atoms with E-state index in [0.717, 1.165) is 0 Å². The molecule has 0 radical (unpaired) electrons. The fourth-order valence-corrected chi connectivity index (χ4v) is 2.65. The highest BCUT2D eigenvalue weighted by molar-refractivity contribution is 9.10. The number of carbonyl (C=O) groups is 1. The van der Waals surface area contributed by atoms with Crippen molar-refractivity contribution in [3.05, 3.63) is 28.2 Å². The fourth-order valence-electron chi connectivity index (χ4n) is 2.43. The first-order valence-corrected chi connectivity index (χ1v) is 6.98. The Kier molecular flexibility index (Phi) is 4.20. The van der Waals surface area contributed by atoms with Crippen molar-refractivity contribution >= 4 is 21.8 Å². The van der Waals surface area contributed by atoms with E-state index in [-0.39, 0.29) is 27.9 Å². The van der Waals surface area contributed by atoms with Crippen molar-refractivity contribution in [3.63, 3.8) is 0 Å². The van der Waals surface area contributed by atoms with Crippen molar-refractivity contribution in [1.82, 2.24) is 9.88 Å². The van der Waals surface area contributed by atoms with Crippen LogP contribution in [0.2, 0.25) is 0 Å². The number of pyridine rings is 1. The third-order valence-corrected chi connectivity index (χ3v) is 4.10. The van der Waals surface area contributed by atoms with E-state index in [1.165, 1.54) is 12.3 Å². The first-order chi connectivity index (χ1) is 8.90. The lowest BCUT2D eigenvalue weighted by Crippen LogP contribution is -2.49. The summed E-state index contributed by atoms with van der Waals surface area (Å²) < 4.78 is 13.5. The maximum atomic E-state index is 13.4. The zero-order valence-electron chi connectivity index (χ0n) is 10.8.